The maximum Gasteiger partial charge on any atom is 0.279 e. The second kappa shape index (κ2) is 5.20. The van der Waals surface area contributed by atoms with E-state index < -0.39 is 0 Å². The minimum atomic E-state index is -0.274. The Bertz CT molecular complexity index is 1050. The van der Waals surface area contributed by atoms with Crippen LogP contribution < -0.4 is 4.80 Å². The highest BCUT2D eigenvalue weighted by atomic mass is 32.1. The predicted molar refractivity (Wildman–Crippen MR) is 86.9 cm³/mol. The Morgan fingerprint density at radius 3 is 2.64 bits per heavy atom. The first-order chi connectivity index (χ1) is 10.8. The lowest BCUT2D eigenvalue weighted by molar-refractivity contribution is 0.0998. The molecule has 0 aliphatic carbocycles. The number of aromatic nitrogens is 2. The summed E-state index contributed by atoms with van der Waals surface area (Å²) in [6.07, 6.45) is 1.95. The Balaban J connectivity index is 1.88. The summed E-state index contributed by atoms with van der Waals surface area (Å²) in [7, 11) is 0. The third kappa shape index (κ3) is 2.21. The first-order valence-corrected chi connectivity index (χ1v) is 7.60. The highest BCUT2D eigenvalue weighted by Crippen LogP contribution is 2.18. The largest absolute Gasteiger partial charge is 0.279 e. The minimum Gasteiger partial charge on any atom is -0.267 e. The van der Waals surface area contributed by atoms with Crippen molar-refractivity contribution in [2.75, 3.05) is 0 Å². The van der Waals surface area contributed by atoms with Crippen LogP contribution in [-0.4, -0.2) is 14.7 Å². The van der Waals surface area contributed by atoms with Gasteiger partial charge in [-0.15, -0.1) is 0 Å². The minimum absolute atomic E-state index is 0.274. The molecule has 1 amide bonds. The topological polar surface area (TPSA) is 46.7 Å². The maximum atomic E-state index is 12.1. The van der Waals surface area contributed by atoms with E-state index in [1.165, 1.54) is 11.5 Å². The lowest BCUT2D eigenvalue weighted by Gasteiger charge is -1.97. The van der Waals surface area contributed by atoms with Crippen LogP contribution in [0.1, 0.15) is 10.4 Å². The van der Waals surface area contributed by atoms with Crippen LogP contribution in [0.3, 0.4) is 0 Å². The molecule has 106 valence electrons. The second-order valence-electron chi connectivity index (χ2n) is 4.82. The zero-order valence-corrected chi connectivity index (χ0v) is 12.3. The van der Waals surface area contributed by atoms with Crippen LogP contribution in [0, 0.1) is 0 Å². The molecule has 0 saturated heterocycles. The van der Waals surface area contributed by atoms with Gasteiger partial charge in [-0.1, -0.05) is 42.5 Å². The summed E-state index contributed by atoms with van der Waals surface area (Å²) in [6, 6.07) is 19.1. The van der Waals surface area contributed by atoms with Crippen LogP contribution >= 0.6 is 11.5 Å². The van der Waals surface area contributed by atoms with Crippen molar-refractivity contribution >= 4 is 33.9 Å². The normalized spacial score (nSPS) is 12.1. The standard InChI is InChI=1S/C17H11N3OS/c21-16(13-7-2-1-3-8-13)19-17-18-15-14-9-5-4-6-12(14)10-11-20(15)22-17/h1-11H. The Labute approximate surface area is 130 Å². The molecule has 0 bridgehead atoms. The molecule has 0 saturated carbocycles. The molecule has 2 heterocycles. The fourth-order valence-electron chi connectivity index (χ4n) is 2.34. The molecule has 0 spiro atoms. The molecule has 0 fully saturated rings. The van der Waals surface area contributed by atoms with Crippen LogP contribution in [-0.2, 0) is 0 Å². The van der Waals surface area contributed by atoms with Crippen LogP contribution in [0.4, 0.5) is 0 Å². The van der Waals surface area contributed by atoms with Crippen LogP contribution in [0.25, 0.3) is 16.4 Å². The fraction of sp³-hybridized carbons (Fsp3) is 0. The Morgan fingerprint density at radius 1 is 1.00 bits per heavy atom. The molecule has 5 heteroatoms. The maximum absolute atomic E-state index is 12.1. The zero-order chi connectivity index (χ0) is 14.9. The van der Waals surface area contributed by atoms with Crippen molar-refractivity contribution in [3.8, 4) is 0 Å². The van der Waals surface area contributed by atoms with Gasteiger partial charge in [0.15, 0.2) is 5.65 Å². The highest BCUT2D eigenvalue weighted by molar-refractivity contribution is 7.03. The van der Waals surface area contributed by atoms with Gasteiger partial charge in [0.1, 0.15) is 0 Å². The monoisotopic (exact) mass is 305 g/mol. The number of carbonyl (C=O) groups is 1. The lowest BCUT2D eigenvalue weighted by Crippen LogP contribution is -2.04. The lowest BCUT2D eigenvalue weighted by atomic mass is 10.2. The van der Waals surface area contributed by atoms with Gasteiger partial charge in [-0.25, -0.2) is 0 Å². The van der Waals surface area contributed by atoms with E-state index in [1.54, 1.807) is 12.1 Å². The van der Waals surface area contributed by atoms with E-state index >= 15 is 0 Å². The first kappa shape index (κ1) is 12.9. The second-order valence-corrected chi connectivity index (χ2v) is 5.76. The molecule has 0 radical (unpaired) electrons. The van der Waals surface area contributed by atoms with Crippen molar-refractivity contribution in [3.63, 3.8) is 0 Å². The third-order valence-corrected chi connectivity index (χ3v) is 4.24. The van der Waals surface area contributed by atoms with E-state index in [2.05, 4.69) is 9.98 Å². The van der Waals surface area contributed by atoms with Crippen LogP contribution in [0.2, 0.25) is 0 Å². The van der Waals surface area contributed by atoms with E-state index in [1.807, 2.05) is 58.5 Å². The molecule has 0 atom stereocenters. The number of rotatable bonds is 1. The van der Waals surface area contributed by atoms with Crippen molar-refractivity contribution in [1.82, 2.24) is 8.77 Å². The third-order valence-electron chi connectivity index (χ3n) is 3.40. The average molecular weight is 305 g/mol. The van der Waals surface area contributed by atoms with Crippen LogP contribution in [0.5, 0.6) is 0 Å². The molecule has 22 heavy (non-hydrogen) atoms. The number of nitrogens with zero attached hydrogens (tertiary/aromatic N) is 3. The summed E-state index contributed by atoms with van der Waals surface area (Å²) >= 11 is 1.35. The average Bonchev–Trinajstić information content (AvgIpc) is 2.98. The van der Waals surface area contributed by atoms with Crippen molar-refractivity contribution < 1.29 is 4.79 Å². The van der Waals surface area contributed by atoms with Gasteiger partial charge in [-0.3, -0.25) is 8.58 Å². The summed E-state index contributed by atoms with van der Waals surface area (Å²) in [6.45, 7) is 0. The number of pyridine rings is 1. The number of hydrogen-bond acceptors (Lipinski definition) is 3. The van der Waals surface area contributed by atoms with E-state index in [-0.39, 0.29) is 5.91 Å². The number of benzene rings is 2. The molecule has 0 N–H and O–H groups in total. The number of amides is 1. The Kier molecular flexibility index (Phi) is 3.05. The van der Waals surface area contributed by atoms with Gasteiger partial charge in [-0.2, -0.15) is 9.98 Å². The number of hydrogen-bond donors (Lipinski definition) is 0. The Morgan fingerprint density at radius 2 is 1.77 bits per heavy atom. The smallest absolute Gasteiger partial charge is 0.267 e. The van der Waals surface area contributed by atoms with Gasteiger partial charge in [0.05, 0.1) is 0 Å². The van der Waals surface area contributed by atoms with Crippen molar-refractivity contribution in [2.45, 2.75) is 0 Å². The molecule has 4 rings (SSSR count). The van der Waals surface area contributed by atoms with Crippen molar-refractivity contribution in [2.24, 2.45) is 4.99 Å². The molecule has 0 aliphatic heterocycles. The van der Waals surface area contributed by atoms with Crippen LogP contribution in [0.15, 0.2) is 71.9 Å². The van der Waals surface area contributed by atoms with E-state index in [9.17, 15) is 4.79 Å². The SMILES string of the molecule is O=C(N=c1nc2c3ccccc3ccn2s1)c1ccccc1. The van der Waals surface area contributed by atoms with Gasteiger partial charge in [-0.05, 0) is 35.1 Å². The summed E-state index contributed by atoms with van der Waals surface area (Å²) in [4.78, 5) is 21.2. The molecule has 4 nitrogen and oxygen atoms in total. The first-order valence-electron chi connectivity index (χ1n) is 6.83. The van der Waals surface area contributed by atoms with Gasteiger partial charge in [0, 0.05) is 17.1 Å². The van der Waals surface area contributed by atoms with Gasteiger partial charge in [0.2, 0.25) is 4.80 Å². The molecule has 2 aromatic carbocycles. The molecule has 0 aliphatic rings. The predicted octanol–water partition coefficient (Wildman–Crippen LogP) is 3.29. The molecular formula is C17H11N3OS. The quantitative estimate of drug-likeness (QED) is 0.542. The van der Waals surface area contributed by atoms with Crippen molar-refractivity contribution in [1.29, 1.82) is 0 Å². The molecular weight excluding hydrogens is 294 g/mol. The van der Waals surface area contributed by atoms with E-state index in [0.717, 1.165) is 16.4 Å². The van der Waals surface area contributed by atoms with Gasteiger partial charge in [0.25, 0.3) is 5.91 Å². The summed E-state index contributed by atoms with van der Waals surface area (Å²) in [5, 5.41) is 2.17. The number of fused-ring (bicyclic) bond motifs is 3. The number of carbonyl (C=O) groups excluding carboxylic acids is 1. The summed E-state index contributed by atoms with van der Waals surface area (Å²) < 4.78 is 1.93. The Hall–Kier alpha value is -2.79. The summed E-state index contributed by atoms with van der Waals surface area (Å²) in [5.41, 5.74) is 1.39. The van der Waals surface area contributed by atoms with E-state index in [0.29, 0.717) is 10.4 Å². The molecule has 2 aromatic heterocycles. The van der Waals surface area contributed by atoms with Gasteiger partial charge >= 0.3 is 0 Å². The molecule has 4 aromatic rings. The van der Waals surface area contributed by atoms with Gasteiger partial charge < -0.3 is 0 Å². The summed E-state index contributed by atoms with van der Waals surface area (Å²) in [5.74, 6) is -0.274. The van der Waals surface area contributed by atoms with Crippen molar-refractivity contribution in [3.05, 3.63) is 77.2 Å². The highest BCUT2D eigenvalue weighted by Gasteiger charge is 2.06. The molecule has 0 unspecified atom stereocenters. The fourth-order valence-corrected chi connectivity index (χ4v) is 3.12. The zero-order valence-electron chi connectivity index (χ0n) is 11.5. The van der Waals surface area contributed by atoms with E-state index in [4.69, 9.17) is 0 Å².